The predicted octanol–water partition coefficient (Wildman–Crippen LogP) is 3.73. The quantitative estimate of drug-likeness (QED) is 0.468. The van der Waals surface area contributed by atoms with Crippen molar-refractivity contribution in [2.75, 3.05) is 13.1 Å². The second-order valence-electron chi connectivity index (χ2n) is 4.19. The van der Waals surface area contributed by atoms with Gasteiger partial charge in [-0.1, -0.05) is 5.22 Å². The van der Waals surface area contributed by atoms with Crippen LogP contribution in [0.25, 0.3) is 0 Å². The number of nitrogens with zero attached hydrogens (tertiary/aromatic N) is 3. The molecule has 1 fully saturated rings. The topological polar surface area (TPSA) is 45.0 Å². The molecule has 2 rings (SSSR count). The number of halogens is 2. The van der Waals surface area contributed by atoms with Gasteiger partial charge in [0.15, 0.2) is 11.6 Å². The Hall–Kier alpha value is -1.05. The fraction of sp³-hybridized carbons (Fsp3) is 0.417. The van der Waals surface area contributed by atoms with Crippen LogP contribution < -0.4 is 0 Å². The Bertz CT molecular complexity index is 498. The summed E-state index contributed by atoms with van der Waals surface area (Å²) < 4.78 is 14.5. The van der Waals surface area contributed by atoms with Gasteiger partial charge < -0.3 is 0 Å². The number of hydrogen-bond donors (Lipinski definition) is 0. The zero-order valence-corrected chi connectivity index (χ0v) is 12.1. The van der Waals surface area contributed by atoms with Crippen LogP contribution >= 0.6 is 22.6 Å². The van der Waals surface area contributed by atoms with Gasteiger partial charge in [0.25, 0.3) is 0 Å². The molecular formula is C12H13FIN3O. The van der Waals surface area contributed by atoms with Crippen molar-refractivity contribution in [2.45, 2.75) is 19.8 Å². The number of Topliss-reactive ketones (excluding diaryl/α,β-unsaturated/α-hetero) is 1. The second-order valence-corrected chi connectivity index (χ2v) is 5.44. The number of carbonyl (C=O) groups is 1. The Morgan fingerprint density at radius 1 is 1.39 bits per heavy atom. The summed E-state index contributed by atoms with van der Waals surface area (Å²) in [6, 6.07) is 2.98. The van der Waals surface area contributed by atoms with Crippen LogP contribution in [0.3, 0.4) is 0 Å². The van der Waals surface area contributed by atoms with E-state index >= 15 is 0 Å². The molecule has 0 atom stereocenters. The average molecular weight is 361 g/mol. The SMILES string of the molecule is CC(=O)c1cc(I)cc(F)c1/N=N/N1CCCC1. The Balaban J connectivity index is 2.33. The van der Waals surface area contributed by atoms with Gasteiger partial charge in [-0.3, -0.25) is 9.80 Å². The molecule has 0 spiro atoms. The highest BCUT2D eigenvalue weighted by molar-refractivity contribution is 14.1. The molecule has 0 radical (unpaired) electrons. The molecule has 1 saturated heterocycles. The molecule has 0 N–H and O–H groups in total. The van der Waals surface area contributed by atoms with Crippen LogP contribution in [0.5, 0.6) is 0 Å². The van der Waals surface area contributed by atoms with Gasteiger partial charge in [-0.2, -0.15) is 0 Å². The molecule has 0 bridgehead atoms. The summed E-state index contributed by atoms with van der Waals surface area (Å²) in [6.45, 7) is 3.08. The first-order valence-corrected chi connectivity index (χ1v) is 6.82. The summed E-state index contributed by atoms with van der Waals surface area (Å²) in [5.74, 6) is -0.710. The molecule has 0 unspecified atom stereocenters. The Morgan fingerprint density at radius 3 is 2.67 bits per heavy atom. The van der Waals surface area contributed by atoms with E-state index in [1.54, 1.807) is 11.1 Å². The standard InChI is InChI=1S/C12H13FIN3O/c1-8(18)10-6-9(14)7-11(13)12(10)15-16-17-4-2-3-5-17/h6-7H,2-5H2,1H3/b16-15+. The Kier molecular flexibility index (Phi) is 4.26. The van der Waals surface area contributed by atoms with Gasteiger partial charge in [0, 0.05) is 22.2 Å². The Labute approximate surface area is 118 Å². The smallest absolute Gasteiger partial charge is 0.162 e. The summed E-state index contributed by atoms with van der Waals surface area (Å²) in [5, 5.41) is 9.69. The highest BCUT2D eigenvalue weighted by Gasteiger charge is 2.15. The van der Waals surface area contributed by atoms with Crippen LogP contribution in [0.4, 0.5) is 10.1 Å². The van der Waals surface area contributed by atoms with E-state index in [4.69, 9.17) is 0 Å². The molecule has 96 valence electrons. The van der Waals surface area contributed by atoms with Crippen molar-refractivity contribution < 1.29 is 9.18 Å². The molecule has 4 nitrogen and oxygen atoms in total. The number of rotatable bonds is 3. The molecule has 18 heavy (non-hydrogen) atoms. The third kappa shape index (κ3) is 3.04. The van der Waals surface area contributed by atoms with E-state index in [9.17, 15) is 9.18 Å². The van der Waals surface area contributed by atoms with Crippen molar-refractivity contribution >= 4 is 34.1 Å². The highest BCUT2D eigenvalue weighted by atomic mass is 127. The molecule has 1 aromatic rings. The van der Waals surface area contributed by atoms with Crippen LogP contribution in [0.2, 0.25) is 0 Å². The summed E-state index contributed by atoms with van der Waals surface area (Å²) >= 11 is 1.97. The maximum atomic E-state index is 13.8. The molecule has 6 heteroatoms. The second kappa shape index (κ2) is 5.73. The lowest BCUT2D eigenvalue weighted by Crippen LogP contribution is -2.09. The lowest BCUT2D eigenvalue weighted by Gasteiger charge is -2.08. The third-order valence-corrected chi connectivity index (χ3v) is 3.38. The average Bonchev–Trinajstić information content (AvgIpc) is 2.79. The van der Waals surface area contributed by atoms with E-state index in [0.717, 1.165) is 25.9 Å². The van der Waals surface area contributed by atoms with Crippen LogP contribution in [-0.2, 0) is 0 Å². The molecule has 1 aliphatic rings. The maximum Gasteiger partial charge on any atom is 0.162 e. The van der Waals surface area contributed by atoms with Crippen molar-refractivity contribution in [1.82, 2.24) is 5.01 Å². The fourth-order valence-corrected chi connectivity index (χ4v) is 2.42. The van der Waals surface area contributed by atoms with Crippen LogP contribution in [0.15, 0.2) is 22.5 Å². The van der Waals surface area contributed by atoms with Crippen LogP contribution in [0, 0.1) is 9.39 Å². The monoisotopic (exact) mass is 361 g/mol. The van der Waals surface area contributed by atoms with Crippen molar-refractivity contribution in [1.29, 1.82) is 0 Å². The minimum absolute atomic E-state index is 0.0369. The van der Waals surface area contributed by atoms with Crippen molar-refractivity contribution in [3.05, 3.63) is 27.1 Å². The zero-order valence-electron chi connectivity index (χ0n) is 9.99. The number of ketones is 1. The van der Waals surface area contributed by atoms with Gasteiger partial charge in [-0.25, -0.2) is 4.39 Å². The van der Waals surface area contributed by atoms with Crippen molar-refractivity contribution in [3.8, 4) is 0 Å². The summed E-state index contributed by atoms with van der Waals surface area (Å²) in [5.41, 5.74) is 0.317. The minimum atomic E-state index is -0.505. The Morgan fingerprint density at radius 2 is 2.06 bits per heavy atom. The van der Waals surface area contributed by atoms with E-state index < -0.39 is 5.82 Å². The van der Waals surface area contributed by atoms with E-state index in [1.165, 1.54) is 13.0 Å². The number of hydrogen-bond acceptors (Lipinski definition) is 3. The molecule has 1 aliphatic heterocycles. The summed E-state index contributed by atoms with van der Waals surface area (Å²) in [7, 11) is 0. The predicted molar refractivity (Wildman–Crippen MR) is 74.4 cm³/mol. The molecular weight excluding hydrogens is 348 g/mol. The molecule has 1 aromatic carbocycles. The molecule has 0 aliphatic carbocycles. The first kappa shape index (κ1) is 13.4. The van der Waals surface area contributed by atoms with Gasteiger partial charge >= 0.3 is 0 Å². The van der Waals surface area contributed by atoms with Gasteiger partial charge in [-0.05, 0) is 54.5 Å². The van der Waals surface area contributed by atoms with Crippen molar-refractivity contribution in [2.24, 2.45) is 10.3 Å². The largest absolute Gasteiger partial charge is 0.294 e. The van der Waals surface area contributed by atoms with Crippen LogP contribution in [-0.4, -0.2) is 23.9 Å². The minimum Gasteiger partial charge on any atom is -0.294 e. The first-order chi connectivity index (χ1) is 8.58. The number of carbonyl (C=O) groups excluding carboxylic acids is 1. The zero-order chi connectivity index (χ0) is 13.1. The normalized spacial score (nSPS) is 15.6. The van der Waals surface area contributed by atoms with Gasteiger partial charge in [0.1, 0.15) is 5.69 Å². The highest BCUT2D eigenvalue weighted by Crippen LogP contribution is 2.27. The molecule has 0 saturated carbocycles. The first-order valence-electron chi connectivity index (χ1n) is 5.74. The van der Waals surface area contributed by atoms with E-state index in [1.807, 2.05) is 22.6 Å². The van der Waals surface area contributed by atoms with Crippen molar-refractivity contribution in [3.63, 3.8) is 0 Å². The van der Waals surface area contributed by atoms with Gasteiger partial charge in [0.05, 0.1) is 0 Å². The van der Waals surface area contributed by atoms with E-state index in [2.05, 4.69) is 10.3 Å². The summed E-state index contributed by atoms with van der Waals surface area (Å²) in [4.78, 5) is 11.5. The third-order valence-electron chi connectivity index (χ3n) is 2.76. The van der Waals surface area contributed by atoms with Gasteiger partial charge in [-0.15, -0.1) is 5.11 Å². The van der Waals surface area contributed by atoms with Gasteiger partial charge in [0.2, 0.25) is 0 Å². The molecule has 0 amide bonds. The number of benzene rings is 1. The fourth-order valence-electron chi connectivity index (χ4n) is 1.83. The lowest BCUT2D eigenvalue weighted by molar-refractivity contribution is 0.101. The summed E-state index contributed by atoms with van der Waals surface area (Å²) in [6.07, 6.45) is 2.15. The maximum absolute atomic E-state index is 13.8. The van der Waals surface area contributed by atoms with Crippen LogP contribution in [0.1, 0.15) is 30.1 Å². The molecule has 0 aromatic heterocycles. The lowest BCUT2D eigenvalue weighted by atomic mass is 10.1. The van der Waals surface area contributed by atoms with E-state index in [-0.39, 0.29) is 17.0 Å². The van der Waals surface area contributed by atoms with E-state index in [0.29, 0.717) is 3.57 Å². The molecule has 1 heterocycles.